The van der Waals surface area contributed by atoms with Crippen molar-refractivity contribution in [3.8, 4) is 11.4 Å². The molecule has 0 radical (unpaired) electrons. The van der Waals surface area contributed by atoms with Gasteiger partial charge in [-0.3, -0.25) is 9.36 Å². The molecule has 132 valence electrons. The lowest BCUT2D eigenvalue weighted by Gasteiger charge is -2.07. The van der Waals surface area contributed by atoms with E-state index in [1.165, 1.54) is 47.8 Å². The monoisotopic (exact) mass is 371 g/mol. The van der Waals surface area contributed by atoms with E-state index >= 15 is 0 Å². The number of methoxy groups -OCH3 is 1. The van der Waals surface area contributed by atoms with Crippen LogP contribution in [0.15, 0.2) is 35.6 Å². The zero-order valence-corrected chi connectivity index (χ0v) is 14.8. The smallest absolute Gasteiger partial charge is 0.275 e. The SMILES string of the molecule is CCNc1ncnc2sc3c(=O)n(-c4ccc(OC)c(F)c4)cnc3c12. The predicted molar refractivity (Wildman–Crippen MR) is 99.0 cm³/mol. The molecule has 1 aromatic carbocycles. The molecule has 0 saturated carbocycles. The van der Waals surface area contributed by atoms with Gasteiger partial charge in [-0.1, -0.05) is 0 Å². The Morgan fingerprint density at radius 1 is 1.31 bits per heavy atom. The number of rotatable bonds is 4. The summed E-state index contributed by atoms with van der Waals surface area (Å²) in [5.74, 6) is 0.209. The minimum atomic E-state index is -0.548. The predicted octanol–water partition coefficient (Wildman–Crippen LogP) is 2.97. The highest BCUT2D eigenvalue weighted by Crippen LogP contribution is 2.33. The second kappa shape index (κ2) is 6.34. The van der Waals surface area contributed by atoms with E-state index in [0.717, 1.165) is 5.39 Å². The maximum Gasteiger partial charge on any atom is 0.275 e. The molecule has 4 aromatic rings. The molecule has 0 aliphatic heterocycles. The second-order valence-corrected chi connectivity index (χ2v) is 6.45. The Morgan fingerprint density at radius 2 is 2.15 bits per heavy atom. The third-order valence-electron chi connectivity index (χ3n) is 3.94. The minimum absolute atomic E-state index is 0.114. The summed E-state index contributed by atoms with van der Waals surface area (Å²) in [6.07, 6.45) is 2.84. The average molecular weight is 371 g/mol. The summed E-state index contributed by atoms with van der Waals surface area (Å²) in [6.45, 7) is 2.65. The van der Waals surface area contributed by atoms with Gasteiger partial charge in [-0.15, -0.1) is 11.3 Å². The van der Waals surface area contributed by atoms with E-state index in [2.05, 4.69) is 20.3 Å². The molecule has 4 rings (SSSR count). The van der Waals surface area contributed by atoms with Crippen molar-refractivity contribution >= 4 is 37.6 Å². The molecule has 0 spiro atoms. The van der Waals surface area contributed by atoms with Crippen LogP contribution >= 0.6 is 11.3 Å². The van der Waals surface area contributed by atoms with Crippen LogP contribution in [-0.4, -0.2) is 33.2 Å². The Morgan fingerprint density at radius 3 is 2.88 bits per heavy atom. The van der Waals surface area contributed by atoms with Crippen LogP contribution in [0.1, 0.15) is 6.92 Å². The molecule has 1 N–H and O–H groups in total. The quantitative estimate of drug-likeness (QED) is 0.594. The Labute approximate surface area is 151 Å². The molecular formula is C17H14FN5O2S. The number of hydrogen-bond donors (Lipinski definition) is 1. The van der Waals surface area contributed by atoms with Crippen molar-refractivity contribution in [1.29, 1.82) is 0 Å². The molecule has 0 atom stereocenters. The van der Waals surface area contributed by atoms with Crippen LogP contribution in [0.4, 0.5) is 10.2 Å². The van der Waals surface area contributed by atoms with Crippen LogP contribution in [0.5, 0.6) is 5.75 Å². The van der Waals surface area contributed by atoms with Gasteiger partial charge in [0.05, 0.1) is 18.2 Å². The topological polar surface area (TPSA) is 81.9 Å². The maximum atomic E-state index is 14.0. The third kappa shape index (κ3) is 2.48. The van der Waals surface area contributed by atoms with E-state index in [1.807, 2.05) is 6.92 Å². The maximum absolute atomic E-state index is 14.0. The lowest BCUT2D eigenvalue weighted by molar-refractivity contribution is 0.386. The molecule has 0 saturated heterocycles. The van der Waals surface area contributed by atoms with Crippen LogP contribution in [0.3, 0.4) is 0 Å². The number of hydrogen-bond acceptors (Lipinski definition) is 7. The number of benzene rings is 1. The highest BCUT2D eigenvalue weighted by atomic mass is 32.1. The van der Waals surface area contributed by atoms with Gasteiger partial charge in [0.25, 0.3) is 5.56 Å². The van der Waals surface area contributed by atoms with Crippen LogP contribution in [0.25, 0.3) is 26.1 Å². The van der Waals surface area contributed by atoms with Crippen molar-refractivity contribution in [2.45, 2.75) is 6.92 Å². The number of halogens is 1. The fourth-order valence-electron chi connectivity index (χ4n) is 2.75. The first kappa shape index (κ1) is 16.4. The average Bonchev–Trinajstić information content (AvgIpc) is 3.03. The van der Waals surface area contributed by atoms with Gasteiger partial charge in [0.15, 0.2) is 11.6 Å². The molecular weight excluding hydrogens is 357 g/mol. The number of nitrogens with one attached hydrogen (secondary N) is 1. The summed E-state index contributed by atoms with van der Waals surface area (Å²) in [5, 5.41) is 3.88. The molecule has 0 amide bonds. The number of thiophene rings is 1. The van der Waals surface area contributed by atoms with Crippen molar-refractivity contribution in [1.82, 2.24) is 19.5 Å². The zero-order valence-electron chi connectivity index (χ0n) is 14.0. The Balaban J connectivity index is 1.96. The molecule has 0 aliphatic carbocycles. The van der Waals surface area contributed by atoms with Crippen molar-refractivity contribution in [3.63, 3.8) is 0 Å². The first-order valence-electron chi connectivity index (χ1n) is 7.86. The summed E-state index contributed by atoms with van der Waals surface area (Å²) in [6, 6.07) is 4.32. The summed E-state index contributed by atoms with van der Waals surface area (Å²) >= 11 is 1.24. The highest BCUT2D eigenvalue weighted by molar-refractivity contribution is 7.25. The first-order valence-corrected chi connectivity index (χ1v) is 8.68. The summed E-state index contributed by atoms with van der Waals surface area (Å²) < 4.78 is 20.7. The van der Waals surface area contributed by atoms with Gasteiger partial charge in [-0.25, -0.2) is 19.3 Å². The Kier molecular flexibility index (Phi) is 4.00. The van der Waals surface area contributed by atoms with Gasteiger partial charge in [0.1, 0.15) is 33.5 Å². The highest BCUT2D eigenvalue weighted by Gasteiger charge is 2.17. The van der Waals surface area contributed by atoms with E-state index in [0.29, 0.717) is 33.1 Å². The van der Waals surface area contributed by atoms with Crippen molar-refractivity contribution in [2.75, 3.05) is 19.0 Å². The molecule has 0 fully saturated rings. The largest absolute Gasteiger partial charge is 0.494 e. The van der Waals surface area contributed by atoms with E-state index < -0.39 is 5.82 Å². The summed E-state index contributed by atoms with van der Waals surface area (Å²) in [5.41, 5.74) is 0.625. The van der Waals surface area contributed by atoms with Crippen molar-refractivity contribution in [3.05, 3.63) is 47.0 Å². The molecule has 0 unspecified atom stereocenters. The minimum Gasteiger partial charge on any atom is -0.494 e. The zero-order chi connectivity index (χ0) is 18.3. The Hall–Kier alpha value is -3.07. The van der Waals surface area contributed by atoms with Crippen LogP contribution in [0.2, 0.25) is 0 Å². The van der Waals surface area contributed by atoms with Crippen molar-refractivity contribution in [2.24, 2.45) is 0 Å². The number of nitrogens with zero attached hydrogens (tertiary/aromatic N) is 4. The summed E-state index contributed by atoms with van der Waals surface area (Å²) in [4.78, 5) is 26.5. The summed E-state index contributed by atoms with van der Waals surface area (Å²) in [7, 11) is 1.39. The molecule has 9 heteroatoms. The normalized spacial score (nSPS) is 11.2. The fraction of sp³-hybridized carbons (Fsp3) is 0.176. The van der Waals surface area contributed by atoms with Crippen LogP contribution < -0.4 is 15.6 Å². The van der Waals surface area contributed by atoms with Gasteiger partial charge in [0.2, 0.25) is 0 Å². The van der Waals surface area contributed by atoms with E-state index in [-0.39, 0.29) is 11.3 Å². The standard InChI is InChI=1S/C17H14FN5O2S/c1-3-19-15-12-13-14(26-16(12)21-7-20-15)17(24)23(8-22-13)9-4-5-11(25-2)10(18)6-9/h4-8H,3H2,1-2H3,(H,19,20,21). The molecule has 3 aromatic heterocycles. The Bertz CT molecular complexity index is 1190. The number of anilines is 1. The number of ether oxygens (including phenoxy) is 1. The molecule has 26 heavy (non-hydrogen) atoms. The molecule has 0 bridgehead atoms. The third-order valence-corrected chi connectivity index (χ3v) is 5.01. The van der Waals surface area contributed by atoms with Gasteiger partial charge in [0, 0.05) is 12.6 Å². The number of fused-ring (bicyclic) bond motifs is 3. The lowest BCUT2D eigenvalue weighted by atomic mass is 10.2. The van der Waals surface area contributed by atoms with Gasteiger partial charge < -0.3 is 10.1 Å². The molecule has 7 nitrogen and oxygen atoms in total. The second-order valence-electron chi connectivity index (χ2n) is 5.45. The van der Waals surface area contributed by atoms with E-state index in [4.69, 9.17) is 4.74 Å². The fourth-order valence-corrected chi connectivity index (χ4v) is 3.78. The molecule has 3 heterocycles. The van der Waals surface area contributed by atoms with Crippen LogP contribution in [0, 0.1) is 5.82 Å². The van der Waals surface area contributed by atoms with E-state index in [9.17, 15) is 9.18 Å². The first-order chi connectivity index (χ1) is 12.6. The van der Waals surface area contributed by atoms with Gasteiger partial charge in [-0.05, 0) is 19.1 Å². The lowest BCUT2D eigenvalue weighted by Crippen LogP contribution is -2.18. The van der Waals surface area contributed by atoms with Crippen LogP contribution in [-0.2, 0) is 0 Å². The van der Waals surface area contributed by atoms with Gasteiger partial charge >= 0.3 is 0 Å². The van der Waals surface area contributed by atoms with Crippen molar-refractivity contribution < 1.29 is 9.13 Å². The van der Waals surface area contributed by atoms with E-state index in [1.54, 1.807) is 6.07 Å². The molecule has 0 aliphatic rings. The van der Waals surface area contributed by atoms with Gasteiger partial charge in [-0.2, -0.15) is 0 Å². The number of aromatic nitrogens is 4.